The van der Waals surface area contributed by atoms with E-state index in [2.05, 4.69) is 47.9 Å². The van der Waals surface area contributed by atoms with Gasteiger partial charge in [0, 0.05) is 158 Å². The molecule has 0 spiro atoms. The van der Waals surface area contributed by atoms with Gasteiger partial charge in [-0.25, -0.2) is 19.2 Å². The summed E-state index contributed by atoms with van der Waals surface area (Å²) >= 11 is 0. The van der Waals surface area contributed by atoms with Crippen LogP contribution in [-0.2, 0) is 119 Å². The van der Waals surface area contributed by atoms with Gasteiger partial charge in [-0.3, -0.25) is 43.5 Å². The van der Waals surface area contributed by atoms with E-state index in [9.17, 15) is 61.1 Å². The van der Waals surface area contributed by atoms with Gasteiger partial charge >= 0.3 is 36.5 Å². The Kier molecular flexibility index (Phi) is 77.0. The predicted octanol–water partition coefficient (Wildman–Crippen LogP) is 3.40. The second-order valence-electron chi connectivity index (χ2n) is 33.6. The van der Waals surface area contributed by atoms with E-state index < -0.39 is 58.9 Å². The Morgan fingerprint density at radius 1 is 0.198 bits per heavy atom. The van der Waals surface area contributed by atoms with E-state index in [4.69, 9.17) is 90.0 Å². The molecule has 131 heavy (non-hydrogen) atoms. The average molecular weight is 1900 g/mol. The van der Waals surface area contributed by atoms with E-state index in [1.165, 1.54) is 0 Å². The van der Waals surface area contributed by atoms with E-state index in [1.54, 1.807) is 98.2 Å². The number of ether oxygens (including phenoxy) is 19. The Balaban J connectivity index is 6.30. The number of hydrogen-bond donors (Lipinski definition) is 10. The van der Waals surface area contributed by atoms with Gasteiger partial charge in [-0.15, -0.1) is 0 Å². The molecule has 0 fully saturated rings. The molecule has 0 heterocycles. The van der Waals surface area contributed by atoms with Crippen molar-refractivity contribution in [3.05, 3.63) is 0 Å². The molecular weight excluding hydrogens is 1740 g/mol. The zero-order chi connectivity index (χ0) is 97.2. The maximum atomic E-state index is 14.0. The second kappa shape index (κ2) is 81.3. The normalized spacial score (nSPS) is 12.0. The smallest absolute Gasteiger partial charge is 0.444 e. The maximum Gasteiger partial charge on any atom is 0.471 e. The summed E-state index contributed by atoms with van der Waals surface area (Å²) in [6.45, 7) is 32.9. The van der Waals surface area contributed by atoms with Crippen molar-refractivity contribution in [2.45, 2.75) is 176 Å². The number of alkyl halides is 3. The van der Waals surface area contributed by atoms with E-state index in [0.717, 1.165) is 0 Å². The SMILES string of the molecule is CC(C)(C)OC(=O)NCCCOCCOCCOCCCNC(=O)CN(CCN(CCN(CC(=O)NCCCOCCOCCOCCCNC(=O)OC(C)(C)C)CC(=O)NCCCOCCOCCOCCCNC(=O)OC(C)(C)C)CC(=O)NCCCOCCOCCOCCCNC(=O)C(F)(F)F)CC(=O)NCCCOCCOCCOCCCNC(=O)OC(C)(C)C. The van der Waals surface area contributed by atoms with E-state index in [-0.39, 0.29) is 174 Å². The first-order valence-corrected chi connectivity index (χ1v) is 45.8. The molecule has 0 aliphatic carbocycles. The lowest BCUT2D eigenvalue weighted by atomic mass is 10.2. The number of amides is 10. The van der Waals surface area contributed by atoms with Crippen LogP contribution in [0.4, 0.5) is 32.3 Å². The van der Waals surface area contributed by atoms with Crippen LogP contribution in [0.25, 0.3) is 0 Å². The van der Waals surface area contributed by atoms with Crippen molar-refractivity contribution in [3.63, 3.8) is 0 Å². The fraction of sp³-hybridized carbons (Fsp3) is 0.884. The van der Waals surface area contributed by atoms with Gasteiger partial charge in [0.2, 0.25) is 29.5 Å². The molecule has 0 rings (SSSR count). The van der Waals surface area contributed by atoms with Crippen molar-refractivity contribution in [2.75, 3.05) is 323 Å². The van der Waals surface area contributed by atoms with Crippen LogP contribution in [0.5, 0.6) is 0 Å². The molecule has 10 N–H and O–H groups in total. The first-order chi connectivity index (χ1) is 62.4. The molecule has 0 saturated carbocycles. The molecule has 0 atom stereocenters. The summed E-state index contributed by atoms with van der Waals surface area (Å²) in [6, 6.07) is 0. The minimum atomic E-state index is -4.96. The molecule has 0 bridgehead atoms. The van der Waals surface area contributed by atoms with Crippen LogP contribution < -0.4 is 53.2 Å². The van der Waals surface area contributed by atoms with Crippen LogP contribution in [-0.4, -0.2) is 426 Å². The van der Waals surface area contributed by atoms with Crippen LogP contribution in [0.1, 0.15) is 147 Å². The van der Waals surface area contributed by atoms with Crippen LogP contribution in [0.15, 0.2) is 0 Å². The number of nitrogens with one attached hydrogen (secondary N) is 10. The third-order valence-electron chi connectivity index (χ3n) is 16.5. The Bertz CT molecular complexity index is 2610. The Labute approximate surface area is 774 Å². The van der Waals surface area contributed by atoms with Crippen LogP contribution in [0, 0.1) is 0 Å². The van der Waals surface area contributed by atoms with E-state index in [0.29, 0.717) is 243 Å². The van der Waals surface area contributed by atoms with Crippen molar-refractivity contribution in [1.82, 2.24) is 67.9 Å². The molecule has 45 heteroatoms. The summed E-state index contributed by atoms with van der Waals surface area (Å²) < 4.78 is 143. The lowest BCUT2D eigenvalue weighted by Gasteiger charge is -2.29. The third kappa shape index (κ3) is 93.2. The highest BCUT2D eigenvalue weighted by Crippen LogP contribution is 2.15. The van der Waals surface area contributed by atoms with Gasteiger partial charge < -0.3 is 143 Å². The lowest BCUT2D eigenvalue weighted by molar-refractivity contribution is -0.173. The number of halogens is 3. The molecule has 0 aromatic heterocycles. The highest BCUT2D eigenvalue weighted by molar-refractivity contribution is 5.83. The summed E-state index contributed by atoms with van der Waals surface area (Å²) in [5.74, 6) is -3.90. The van der Waals surface area contributed by atoms with E-state index in [1.807, 2.05) is 4.90 Å². The van der Waals surface area contributed by atoms with Gasteiger partial charge in [-0.2, -0.15) is 13.2 Å². The molecule has 0 radical (unpaired) electrons. The predicted molar refractivity (Wildman–Crippen MR) is 479 cm³/mol. The number of hydrogen-bond acceptors (Lipinski definition) is 32. The van der Waals surface area contributed by atoms with Crippen LogP contribution in [0.3, 0.4) is 0 Å². The summed E-state index contributed by atoms with van der Waals surface area (Å²) in [5.41, 5.74) is -2.36. The van der Waals surface area contributed by atoms with Gasteiger partial charge in [-0.05, 0) is 147 Å². The number of carbonyl (C=O) groups is 10. The van der Waals surface area contributed by atoms with Gasteiger partial charge in [0.1, 0.15) is 22.4 Å². The molecule has 42 nitrogen and oxygen atoms in total. The van der Waals surface area contributed by atoms with Crippen molar-refractivity contribution in [2.24, 2.45) is 0 Å². The van der Waals surface area contributed by atoms with Crippen molar-refractivity contribution < 1.29 is 151 Å². The number of alkyl carbamates (subject to hydrolysis) is 4. The summed E-state index contributed by atoms with van der Waals surface area (Å²) in [4.78, 5) is 133. The largest absolute Gasteiger partial charge is 0.471 e. The monoisotopic (exact) mass is 1900 g/mol. The highest BCUT2D eigenvalue weighted by atomic mass is 19.4. The van der Waals surface area contributed by atoms with Crippen LogP contribution in [0.2, 0.25) is 0 Å². The lowest BCUT2D eigenvalue weighted by Crippen LogP contribution is -2.50. The molecule has 0 aliphatic rings. The minimum Gasteiger partial charge on any atom is -0.444 e. The Morgan fingerprint density at radius 2 is 0.336 bits per heavy atom. The fourth-order valence-corrected chi connectivity index (χ4v) is 10.5. The zero-order valence-corrected chi connectivity index (χ0v) is 80.5. The van der Waals surface area contributed by atoms with Gasteiger partial charge in [-0.1, -0.05) is 0 Å². The van der Waals surface area contributed by atoms with Crippen molar-refractivity contribution in [3.8, 4) is 0 Å². The standard InChI is InChI=1S/C86H164F3N13O29/c1-82(2,3)128-78(109)96-29-19-43-119-53-63-124-58-48-114-38-14-24-91-73(104)68-101(69-74(105)92-25-15-39-115-49-59-125-64-54-120-44-20-30-97-79(110)129-83(4,5)6)35-33-100(67-72(103)90-23-13-37-113-47-57-123-62-52-118-42-18-28-95-77(108)86(87,88)89)34-36-102(70-75(106)93-26-16-40-116-50-60-126-65-55-121-45-21-31-98-80(111)130-84(7,8)9)71-76(107)94-27-17-41-117-51-61-127-66-56-122-46-22-32-99-81(112)131-85(10,11)12/h13-71H2,1-12H3,(H,90,103)(H,91,104)(H,92,105)(H,93,106)(H,94,107)(H,95,108)(H,96,109)(H,97,110)(H,98,111)(H,99,112). The highest BCUT2D eigenvalue weighted by Gasteiger charge is 2.38. The average Bonchev–Trinajstić information content (AvgIpc) is 0.912. The van der Waals surface area contributed by atoms with Crippen molar-refractivity contribution >= 4 is 59.8 Å². The molecule has 768 valence electrons. The Morgan fingerprint density at radius 3 is 0.496 bits per heavy atom. The van der Waals surface area contributed by atoms with Crippen LogP contribution >= 0.6 is 0 Å². The summed E-state index contributed by atoms with van der Waals surface area (Å²) in [6.07, 6.45) is -2.08. The Hall–Kier alpha value is -7.03. The fourth-order valence-electron chi connectivity index (χ4n) is 10.5. The minimum absolute atomic E-state index is 0.0995. The second-order valence-corrected chi connectivity index (χ2v) is 33.6. The molecule has 10 amide bonds. The number of rotatable bonds is 86. The first-order valence-electron chi connectivity index (χ1n) is 45.8. The van der Waals surface area contributed by atoms with Gasteiger partial charge in [0.15, 0.2) is 0 Å². The third-order valence-corrected chi connectivity index (χ3v) is 16.5. The topological polar surface area (TPSA) is 476 Å². The summed E-state index contributed by atoms with van der Waals surface area (Å²) in [5, 5.41) is 27.1. The molecule has 0 saturated heterocycles. The number of carbonyl (C=O) groups excluding carboxylic acids is 10. The molecule has 0 aliphatic heterocycles. The molecular formula is C86H164F3N13O29. The quantitative estimate of drug-likeness (QED) is 0.0308. The molecule has 0 aromatic carbocycles. The maximum absolute atomic E-state index is 14.0. The molecule has 0 aromatic rings. The summed E-state index contributed by atoms with van der Waals surface area (Å²) in [7, 11) is 0. The van der Waals surface area contributed by atoms with Gasteiger partial charge in [0.25, 0.3) is 0 Å². The van der Waals surface area contributed by atoms with Crippen molar-refractivity contribution in [1.29, 1.82) is 0 Å². The zero-order valence-electron chi connectivity index (χ0n) is 80.5. The first kappa shape index (κ1) is 124. The molecule has 0 unspecified atom stereocenters. The number of nitrogens with zero attached hydrogens (tertiary/aromatic N) is 3. The van der Waals surface area contributed by atoms with Gasteiger partial charge in [0.05, 0.1) is 165 Å². The van der Waals surface area contributed by atoms with E-state index >= 15 is 0 Å².